The van der Waals surface area contributed by atoms with E-state index in [0.717, 1.165) is 11.3 Å². The van der Waals surface area contributed by atoms with Gasteiger partial charge in [-0.15, -0.1) is 0 Å². The van der Waals surface area contributed by atoms with E-state index in [1.54, 1.807) is 17.0 Å². The Balaban J connectivity index is 1.34. The number of ketones is 1. The smallest absolute Gasteiger partial charge is 0.322 e. The lowest BCUT2D eigenvalue weighted by molar-refractivity contribution is 0.0482. The number of likely N-dealkylation sites (tertiary alicyclic amines) is 1. The van der Waals surface area contributed by atoms with E-state index in [2.05, 4.69) is 5.32 Å². The molecule has 144 valence electrons. The van der Waals surface area contributed by atoms with Gasteiger partial charge in [0.1, 0.15) is 17.1 Å². The summed E-state index contributed by atoms with van der Waals surface area (Å²) in [6.45, 7) is 1.47. The molecule has 0 aromatic heterocycles. The van der Waals surface area contributed by atoms with Crippen LogP contribution in [0.2, 0.25) is 5.02 Å². The molecule has 1 fully saturated rings. The van der Waals surface area contributed by atoms with Gasteiger partial charge in [-0.3, -0.25) is 4.79 Å². The summed E-state index contributed by atoms with van der Waals surface area (Å²) in [6.07, 6.45) is 1.61. The number of carbonyl (C=O) groups excluding carboxylic acids is 2. The van der Waals surface area contributed by atoms with Gasteiger partial charge in [-0.25, -0.2) is 4.79 Å². The molecule has 1 saturated heterocycles. The Morgan fingerprint density at radius 2 is 2.04 bits per heavy atom. The summed E-state index contributed by atoms with van der Waals surface area (Å²) < 4.78 is 11.7. The summed E-state index contributed by atoms with van der Waals surface area (Å²) in [5.74, 6) is 1.42. The van der Waals surface area contributed by atoms with E-state index in [-0.39, 0.29) is 18.2 Å². The molecule has 0 aliphatic carbocycles. The van der Waals surface area contributed by atoms with Crippen LogP contribution in [0.3, 0.4) is 0 Å². The molecular weight excluding hydrogens is 380 g/mol. The number of nitrogens with zero attached hydrogens (tertiary/aromatic N) is 1. The van der Waals surface area contributed by atoms with E-state index >= 15 is 0 Å². The third kappa shape index (κ3) is 2.79. The minimum atomic E-state index is -0.658. The zero-order chi connectivity index (χ0) is 19.3. The second kappa shape index (κ2) is 6.41. The van der Waals surface area contributed by atoms with Gasteiger partial charge in [0.25, 0.3) is 0 Å². The largest absolute Gasteiger partial charge is 0.493 e. The summed E-state index contributed by atoms with van der Waals surface area (Å²) in [6, 6.07) is 10.6. The van der Waals surface area contributed by atoms with E-state index in [4.69, 9.17) is 21.1 Å². The molecule has 3 aliphatic heterocycles. The van der Waals surface area contributed by atoms with Gasteiger partial charge < -0.3 is 19.7 Å². The molecule has 0 radical (unpaired) electrons. The maximum Gasteiger partial charge on any atom is 0.322 e. The van der Waals surface area contributed by atoms with Crippen LogP contribution in [0.25, 0.3) is 0 Å². The molecule has 28 heavy (non-hydrogen) atoms. The molecule has 1 spiro atoms. The highest BCUT2D eigenvalue weighted by atomic mass is 35.5. The van der Waals surface area contributed by atoms with Crippen molar-refractivity contribution in [1.29, 1.82) is 0 Å². The summed E-state index contributed by atoms with van der Waals surface area (Å²) in [5, 5.41) is 3.43. The first kappa shape index (κ1) is 17.4. The Bertz CT molecular complexity index is 992. The Morgan fingerprint density at radius 3 is 2.93 bits per heavy atom. The van der Waals surface area contributed by atoms with Crippen molar-refractivity contribution in [2.45, 2.75) is 24.9 Å². The van der Waals surface area contributed by atoms with Crippen molar-refractivity contribution in [3.8, 4) is 11.5 Å². The van der Waals surface area contributed by atoms with Gasteiger partial charge in [0.05, 0.1) is 35.8 Å². The van der Waals surface area contributed by atoms with Crippen LogP contribution in [0.15, 0.2) is 36.4 Å². The standard InChI is InChI=1S/C21H19ClN2O4/c22-15-5-6-17-14(7-10-27-17)19(15)23-20(26)24-9-8-21(12-24)11-16(25)13-3-1-2-4-18(13)28-21/h1-6H,7-12H2,(H,23,26). The predicted octanol–water partition coefficient (Wildman–Crippen LogP) is 3.92. The fraction of sp³-hybridized carbons (Fsp3) is 0.333. The van der Waals surface area contributed by atoms with Crippen LogP contribution in [-0.4, -0.2) is 42.0 Å². The molecule has 6 nitrogen and oxygen atoms in total. The minimum Gasteiger partial charge on any atom is -0.493 e. The van der Waals surface area contributed by atoms with Crippen molar-refractivity contribution < 1.29 is 19.1 Å². The van der Waals surface area contributed by atoms with Crippen LogP contribution in [0.4, 0.5) is 10.5 Å². The molecule has 2 aromatic carbocycles. The summed E-state index contributed by atoms with van der Waals surface area (Å²) in [5.41, 5.74) is 1.48. The predicted molar refractivity (Wildman–Crippen MR) is 105 cm³/mol. The van der Waals surface area contributed by atoms with Crippen molar-refractivity contribution in [3.05, 3.63) is 52.5 Å². The summed E-state index contributed by atoms with van der Waals surface area (Å²) >= 11 is 6.32. The van der Waals surface area contributed by atoms with Gasteiger partial charge in [0.15, 0.2) is 5.78 Å². The lowest BCUT2D eigenvalue weighted by atomic mass is 9.89. The number of ether oxygens (including phenoxy) is 2. The minimum absolute atomic E-state index is 0.0604. The first-order valence-electron chi connectivity index (χ1n) is 9.36. The lowest BCUT2D eigenvalue weighted by Crippen LogP contribution is -2.46. The van der Waals surface area contributed by atoms with E-state index in [1.165, 1.54) is 0 Å². The Morgan fingerprint density at radius 1 is 1.18 bits per heavy atom. The monoisotopic (exact) mass is 398 g/mol. The maximum atomic E-state index is 12.9. The zero-order valence-electron chi connectivity index (χ0n) is 15.2. The van der Waals surface area contributed by atoms with Crippen LogP contribution in [0, 0.1) is 0 Å². The number of halogens is 1. The van der Waals surface area contributed by atoms with Crippen LogP contribution in [0.5, 0.6) is 11.5 Å². The number of para-hydroxylation sites is 1. The zero-order valence-corrected chi connectivity index (χ0v) is 15.9. The van der Waals surface area contributed by atoms with Crippen LogP contribution in [0.1, 0.15) is 28.8 Å². The highest BCUT2D eigenvalue weighted by molar-refractivity contribution is 6.34. The average molecular weight is 399 g/mol. The quantitative estimate of drug-likeness (QED) is 0.790. The van der Waals surface area contributed by atoms with Crippen molar-refractivity contribution in [1.82, 2.24) is 4.90 Å². The number of rotatable bonds is 1. The van der Waals surface area contributed by atoms with Crippen molar-refractivity contribution in [2.75, 3.05) is 25.0 Å². The van der Waals surface area contributed by atoms with Gasteiger partial charge in [-0.05, 0) is 24.3 Å². The van der Waals surface area contributed by atoms with Crippen molar-refractivity contribution in [2.24, 2.45) is 0 Å². The molecule has 2 amide bonds. The summed E-state index contributed by atoms with van der Waals surface area (Å²) in [7, 11) is 0. The molecule has 1 atom stereocenters. The molecular formula is C21H19ClN2O4. The van der Waals surface area contributed by atoms with Crippen molar-refractivity contribution in [3.63, 3.8) is 0 Å². The lowest BCUT2D eigenvalue weighted by Gasteiger charge is -2.34. The first-order valence-corrected chi connectivity index (χ1v) is 9.74. The second-order valence-corrected chi connectivity index (χ2v) is 7.89. The number of urea groups is 1. The normalized spacial score (nSPS) is 22.5. The SMILES string of the molecule is O=C1CC2(CCN(C(=O)Nc3c(Cl)ccc4c3CCO4)C2)Oc2ccccc21. The Labute approximate surface area is 167 Å². The van der Waals surface area contributed by atoms with E-state index in [1.807, 2.05) is 24.3 Å². The number of hydrogen-bond donors (Lipinski definition) is 1. The molecule has 3 aliphatic rings. The highest BCUT2D eigenvalue weighted by Gasteiger charge is 2.47. The van der Waals surface area contributed by atoms with Gasteiger partial charge in [0, 0.05) is 24.9 Å². The Hall–Kier alpha value is -2.73. The first-order chi connectivity index (χ1) is 13.5. The maximum absolute atomic E-state index is 12.9. The second-order valence-electron chi connectivity index (χ2n) is 7.48. The van der Waals surface area contributed by atoms with Crippen molar-refractivity contribution >= 4 is 29.1 Å². The molecule has 0 bridgehead atoms. The van der Waals surface area contributed by atoms with Gasteiger partial charge >= 0.3 is 6.03 Å². The Kier molecular flexibility index (Phi) is 3.98. The number of Topliss-reactive ketones (excluding diaryl/α,β-unsaturated/α-hetero) is 1. The number of hydrogen-bond acceptors (Lipinski definition) is 4. The third-order valence-electron chi connectivity index (χ3n) is 5.66. The average Bonchev–Trinajstić information content (AvgIpc) is 3.31. The van der Waals surface area contributed by atoms with E-state index in [9.17, 15) is 9.59 Å². The fourth-order valence-electron chi connectivity index (χ4n) is 4.26. The topological polar surface area (TPSA) is 67.9 Å². The van der Waals surface area contributed by atoms with E-state index < -0.39 is 5.60 Å². The molecule has 1 N–H and O–H groups in total. The number of nitrogens with one attached hydrogen (secondary N) is 1. The van der Waals surface area contributed by atoms with Crippen LogP contribution >= 0.6 is 11.6 Å². The molecule has 5 rings (SSSR count). The molecule has 1 unspecified atom stereocenters. The third-order valence-corrected chi connectivity index (χ3v) is 5.98. The van der Waals surface area contributed by atoms with Gasteiger partial charge in [-0.2, -0.15) is 0 Å². The fourth-order valence-corrected chi connectivity index (χ4v) is 4.48. The van der Waals surface area contributed by atoms with Gasteiger partial charge in [0.2, 0.25) is 0 Å². The number of fused-ring (bicyclic) bond motifs is 2. The highest BCUT2D eigenvalue weighted by Crippen LogP contribution is 2.40. The van der Waals surface area contributed by atoms with Gasteiger partial charge in [-0.1, -0.05) is 23.7 Å². The number of amides is 2. The molecule has 2 aromatic rings. The number of carbonyl (C=O) groups is 2. The number of benzene rings is 2. The molecule has 0 saturated carbocycles. The molecule has 7 heteroatoms. The van der Waals surface area contributed by atoms with Crippen LogP contribution < -0.4 is 14.8 Å². The number of anilines is 1. The summed E-state index contributed by atoms with van der Waals surface area (Å²) in [4.78, 5) is 27.1. The molecule has 3 heterocycles. The van der Waals surface area contributed by atoms with E-state index in [0.29, 0.717) is 54.6 Å². The van der Waals surface area contributed by atoms with Crippen LogP contribution in [-0.2, 0) is 6.42 Å².